The third-order valence-electron chi connectivity index (χ3n) is 3.31. The van der Waals surface area contributed by atoms with E-state index in [0.29, 0.717) is 12.3 Å². The van der Waals surface area contributed by atoms with Crippen LogP contribution in [0.1, 0.15) is 44.9 Å². The van der Waals surface area contributed by atoms with Gasteiger partial charge < -0.3 is 15.5 Å². The zero-order valence-electron chi connectivity index (χ0n) is 10.0. The van der Waals surface area contributed by atoms with Gasteiger partial charge in [0.15, 0.2) is 0 Å². The van der Waals surface area contributed by atoms with Crippen LogP contribution in [0.3, 0.4) is 0 Å². The standard InChI is InChI=1S/C12H21NO4/c14-8-7-10(12(16)17)13-11(15)6-5-9-3-1-2-4-9/h9-10,14H,1-8H2,(H,13,15)(H,16,17). The number of hydrogen-bond acceptors (Lipinski definition) is 3. The van der Waals surface area contributed by atoms with Crippen LogP contribution in [-0.2, 0) is 9.59 Å². The molecule has 1 saturated carbocycles. The van der Waals surface area contributed by atoms with E-state index in [1.54, 1.807) is 0 Å². The van der Waals surface area contributed by atoms with Gasteiger partial charge in [-0.2, -0.15) is 0 Å². The summed E-state index contributed by atoms with van der Waals surface area (Å²) in [6.07, 6.45) is 6.16. The van der Waals surface area contributed by atoms with Crippen LogP contribution in [0.15, 0.2) is 0 Å². The van der Waals surface area contributed by atoms with Crippen LogP contribution >= 0.6 is 0 Å². The summed E-state index contributed by atoms with van der Waals surface area (Å²) in [5.41, 5.74) is 0. The highest BCUT2D eigenvalue weighted by molar-refractivity contribution is 5.83. The summed E-state index contributed by atoms with van der Waals surface area (Å²) in [7, 11) is 0. The summed E-state index contributed by atoms with van der Waals surface area (Å²) in [4.78, 5) is 22.3. The Hall–Kier alpha value is -1.10. The summed E-state index contributed by atoms with van der Waals surface area (Å²) >= 11 is 0. The molecule has 0 heterocycles. The van der Waals surface area contributed by atoms with E-state index >= 15 is 0 Å². The molecule has 5 nitrogen and oxygen atoms in total. The van der Waals surface area contributed by atoms with E-state index in [0.717, 1.165) is 6.42 Å². The lowest BCUT2D eigenvalue weighted by Gasteiger charge is -2.14. The fourth-order valence-electron chi connectivity index (χ4n) is 2.29. The maximum Gasteiger partial charge on any atom is 0.326 e. The number of amides is 1. The molecular formula is C12H21NO4. The molecule has 1 aliphatic rings. The Morgan fingerprint density at radius 2 is 1.94 bits per heavy atom. The van der Waals surface area contributed by atoms with Crippen molar-refractivity contribution >= 4 is 11.9 Å². The van der Waals surface area contributed by atoms with E-state index in [2.05, 4.69) is 5.32 Å². The zero-order chi connectivity index (χ0) is 12.7. The number of carbonyl (C=O) groups excluding carboxylic acids is 1. The lowest BCUT2D eigenvalue weighted by molar-refractivity contribution is -0.142. The van der Waals surface area contributed by atoms with Gasteiger partial charge in [-0.25, -0.2) is 4.79 Å². The maximum atomic E-state index is 11.5. The Kier molecular flexibility index (Phi) is 5.97. The van der Waals surface area contributed by atoms with Gasteiger partial charge in [0.25, 0.3) is 0 Å². The summed E-state index contributed by atoms with van der Waals surface area (Å²) < 4.78 is 0. The predicted octanol–water partition coefficient (Wildman–Crippen LogP) is 0.909. The molecule has 0 saturated heterocycles. The highest BCUT2D eigenvalue weighted by atomic mass is 16.4. The van der Waals surface area contributed by atoms with Crippen LogP contribution in [0, 0.1) is 5.92 Å². The lowest BCUT2D eigenvalue weighted by Crippen LogP contribution is -2.41. The Morgan fingerprint density at radius 3 is 2.47 bits per heavy atom. The molecule has 1 rings (SSSR count). The molecule has 0 bridgehead atoms. The van der Waals surface area contributed by atoms with E-state index in [-0.39, 0.29) is 18.9 Å². The molecule has 1 fully saturated rings. The minimum absolute atomic E-state index is 0.0600. The van der Waals surface area contributed by atoms with Crippen molar-refractivity contribution in [3.63, 3.8) is 0 Å². The van der Waals surface area contributed by atoms with Gasteiger partial charge in [-0.3, -0.25) is 4.79 Å². The number of hydrogen-bond donors (Lipinski definition) is 3. The Bertz CT molecular complexity index is 261. The summed E-state index contributed by atoms with van der Waals surface area (Å²) in [5, 5.41) is 19.9. The average Bonchev–Trinajstić information content (AvgIpc) is 2.78. The van der Waals surface area contributed by atoms with Crippen molar-refractivity contribution in [3.05, 3.63) is 0 Å². The number of carboxylic acid groups (broad SMARTS) is 1. The predicted molar refractivity (Wildman–Crippen MR) is 62.5 cm³/mol. The van der Waals surface area contributed by atoms with E-state index in [9.17, 15) is 9.59 Å². The third-order valence-corrected chi connectivity index (χ3v) is 3.31. The van der Waals surface area contributed by atoms with Crippen LogP contribution in [0.25, 0.3) is 0 Å². The minimum atomic E-state index is -1.09. The van der Waals surface area contributed by atoms with E-state index in [1.807, 2.05) is 0 Å². The normalized spacial score (nSPS) is 17.9. The molecule has 0 spiro atoms. The number of aliphatic carboxylic acids is 1. The minimum Gasteiger partial charge on any atom is -0.480 e. The second-order valence-electron chi connectivity index (χ2n) is 4.66. The maximum absolute atomic E-state index is 11.5. The van der Waals surface area contributed by atoms with E-state index < -0.39 is 12.0 Å². The first kappa shape index (κ1) is 14.0. The summed E-state index contributed by atoms with van der Waals surface area (Å²) in [6.45, 7) is -0.236. The molecule has 98 valence electrons. The van der Waals surface area contributed by atoms with Crippen LogP contribution in [0.4, 0.5) is 0 Å². The number of aliphatic hydroxyl groups excluding tert-OH is 1. The highest BCUT2D eigenvalue weighted by Crippen LogP contribution is 2.28. The SMILES string of the molecule is O=C(CCC1CCCC1)NC(CCO)C(=O)O. The number of nitrogens with one attached hydrogen (secondary N) is 1. The summed E-state index contributed by atoms with van der Waals surface area (Å²) in [6, 6.07) is -0.962. The largest absolute Gasteiger partial charge is 0.480 e. The van der Waals surface area contributed by atoms with Gasteiger partial charge in [-0.1, -0.05) is 25.7 Å². The molecule has 1 unspecified atom stereocenters. The second-order valence-corrected chi connectivity index (χ2v) is 4.66. The van der Waals surface area contributed by atoms with Crippen molar-refractivity contribution < 1.29 is 19.8 Å². The van der Waals surface area contributed by atoms with Crippen LogP contribution in [0.2, 0.25) is 0 Å². The molecule has 1 aliphatic carbocycles. The third kappa shape index (κ3) is 5.17. The average molecular weight is 243 g/mol. The van der Waals surface area contributed by atoms with Gasteiger partial charge >= 0.3 is 5.97 Å². The molecule has 3 N–H and O–H groups in total. The topological polar surface area (TPSA) is 86.6 Å². The van der Waals surface area contributed by atoms with Crippen molar-refractivity contribution in [1.82, 2.24) is 5.32 Å². The smallest absolute Gasteiger partial charge is 0.326 e. The van der Waals surface area contributed by atoms with Gasteiger partial charge in [-0.05, 0) is 12.3 Å². The van der Waals surface area contributed by atoms with Crippen molar-refractivity contribution in [1.29, 1.82) is 0 Å². The van der Waals surface area contributed by atoms with Gasteiger partial charge in [0.2, 0.25) is 5.91 Å². The van der Waals surface area contributed by atoms with Crippen molar-refractivity contribution in [3.8, 4) is 0 Å². The van der Waals surface area contributed by atoms with E-state index in [4.69, 9.17) is 10.2 Å². The second kappa shape index (κ2) is 7.27. The molecule has 0 aromatic heterocycles. The Balaban J connectivity index is 2.23. The van der Waals surface area contributed by atoms with Crippen molar-refractivity contribution in [2.45, 2.75) is 51.0 Å². The molecule has 0 aliphatic heterocycles. The van der Waals surface area contributed by atoms with E-state index in [1.165, 1.54) is 25.7 Å². The first-order chi connectivity index (χ1) is 8.13. The molecule has 0 aromatic carbocycles. The monoisotopic (exact) mass is 243 g/mol. The number of rotatable bonds is 7. The van der Waals surface area contributed by atoms with Crippen molar-refractivity contribution in [2.75, 3.05) is 6.61 Å². The van der Waals surface area contributed by atoms with Gasteiger partial charge in [0, 0.05) is 19.4 Å². The number of aliphatic hydroxyl groups is 1. The summed E-state index contributed by atoms with van der Waals surface area (Å²) in [5.74, 6) is -0.687. The van der Waals surface area contributed by atoms with Gasteiger partial charge in [0.05, 0.1) is 0 Å². The van der Waals surface area contributed by atoms with Gasteiger partial charge in [-0.15, -0.1) is 0 Å². The fourth-order valence-corrected chi connectivity index (χ4v) is 2.29. The molecule has 0 aromatic rings. The van der Waals surface area contributed by atoms with Crippen LogP contribution in [0.5, 0.6) is 0 Å². The van der Waals surface area contributed by atoms with Crippen molar-refractivity contribution in [2.24, 2.45) is 5.92 Å². The molecule has 17 heavy (non-hydrogen) atoms. The molecular weight excluding hydrogens is 222 g/mol. The van der Waals surface area contributed by atoms with Crippen LogP contribution < -0.4 is 5.32 Å². The van der Waals surface area contributed by atoms with Gasteiger partial charge in [0.1, 0.15) is 6.04 Å². The Labute approximate surface area is 101 Å². The number of carbonyl (C=O) groups is 2. The molecule has 0 radical (unpaired) electrons. The first-order valence-corrected chi connectivity index (χ1v) is 6.26. The Morgan fingerprint density at radius 1 is 1.29 bits per heavy atom. The quantitative estimate of drug-likeness (QED) is 0.620. The molecule has 5 heteroatoms. The highest BCUT2D eigenvalue weighted by Gasteiger charge is 2.20. The van der Waals surface area contributed by atoms with Crippen LogP contribution in [-0.4, -0.2) is 34.7 Å². The fraction of sp³-hybridized carbons (Fsp3) is 0.833. The molecule has 1 amide bonds. The molecule has 1 atom stereocenters. The lowest BCUT2D eigenvalue weighted by atomic mass is 10.0. The first-order valence-electron chi connectivity index (χ1n) is 6.26. The zero-order valence-corrected chi connectivity index (χ0v) is 10.0. The number of carboxylic acids is 1.